The monoisotopic (exact) mass is 496 g/mol. The van der Waals surface area contributed by atoms with Gasteiger partial charge < -0.3 is 54.7 Å². The molecule has 2 aliphatic rings. The van der Waals surface area contributed by atoms with Gasteiger partial charge in [0.2, 0.25) is 0 Å². The van der Waals surface area contributed by atoms with Gasteiger partial charge in [0.15, 0.2) is 12.6 Å². The van der Waals surface area contributed by atoms with Gasteiger partial charge in [0, 0.05) is 0 Å². The summed E-state index contributed by atoms with van der Waals surface area (Å²) in [6, 6.07) is 0. The molecule has 0 amide bonds. The Morgan fingerprint density at radius 3 is 1.82 bits per heavy atom. The molecule has 202 valence electrons. The largest absolute Gasteiger partial charge is 0.394 e. The lowest BCUT2D eigenvalue weighted by Crippen LogP contribution is -2.61. The van der Waals surface area contributed by atoms with Crippen molar-refractivity contribution in [3.8, 4) is 0 Å². The molecule has 0 aliphatic carbocycles. The van der Waals surface area contributed by atoms with Crippen LogP contribution in [0.1, 0.15) is 52.9 Å². The van der Waals surface area contributed by atoms with Crippen molar-refractivity contribution < 1.29 is 54.7 Å². The average molecular weight is 497 g/mol. The number of aliphatic hydroxyl groups excluding tert-OH is 7. The normalized spacial score (nSPS) is 40.0. The van der Waals surface area contributed by atoms with Crippen molar-refractivity contribution in [2.45, 2.75) is 114 Å². The van der Waals surface area contributed by atoms with Gasteiger partial charge >= 0.3 is 0 Å². The highest BCUT2D eigenvalue weighted by molar-refractivity contribution is 4.91. The topological polar surface area (TPSA) is 179 Å². The molecule has 7 N–H and O–H groups in total. The molecule has 0 radical (unpaired) electrons. The molecule has 0 aromatic heterocycles. The Morgan fingerprint density at radius 1 is 0.706 bits per heavy atom. The van der Waals surface area contributed by atoms with Gasteiger partial charge in [-0.15, -0.1) is 0 Å². The van der Waals surface area contributed by atoms with Crippen LogP contribution in [-0.4, -0.2) is 117 Å². The van der Waals surface area contributed by atoms with Crippen molar-refractivity contribution in [1.82, 2.24) is 0 Å². The molecule has 11 nitrogen and oxygen atoms in total. The molecule has 0 aromatic rings. The third-order valence-corrected chi connectivity index (χ3v) is 6.72. The summed E-state index contributed by atoms with van der Waals surface area (Å²) in [5.74, 6) is 1.13. The van der Waals surface area contributed by atoms with Crippen molar-refractivity contribution in [3.63, 3.8) is 0 Å². The Labute approximate surface area is 201 Å². The van der Waals surface area contributed by atoms with Gasteiger partial charge in [-0.25, -0.2) is 0 Å². The zero-order valence-electron chi connectivity index (χ0n) is 20.3. The van der Waals surface area contributed by atoms with Crippen LogP contribution in [0, 0.1) is 11.8 Å². The molecule has 2 fully saturated rings. The minimum atomic E-state index is -1.61. The molecule has 0 spiro atoms. The number of hydrogen-bond donors (Lipinski definition) is 7. The van der Waals surface area contributed by atoms with Crippen LogP contribution in [0.2, 0.25) is 0 Å². The van der Waals surface area contributed by atoms with Gasteiger partial charge in [0.25, 0.3) is 0 Å². The van der Waals surface area contributed by atoms with Crippen molar-refractivity contribution in [3.05, 3.63) is 0 Å². The van der Waals surface area contributed by atoms with Crippen LogP contribution in [-0.2, 0) is 18.9 Å². The summed E-state index contributed by atoms with van der Waals surface area (Å²) in [6.45, 7) is 5.85. The summed E-state index contributed by atoms with van der Waals surface area (Å²) in [6.07, 6.45) is -8.94. The number of hydrogen-bond acceptors (Lipinski definition) is 11. The second-order valence-electron chi connectivity index (χ2n) is 9.80. The Balaban J connectivity index is 1.86. The van der Waals surface area contributed by atoms with Crippen molar-refractivity contribution in [2.24, 2.45) is 11.8 Å². The van der Waals surface area contributed by atoms with Crippen LogP contribution < -0.4 is 0 Å². The van der Waals surface area contributed by atoms with E-state index in [2.05, 4.69) is 20.8 Å². The quantitative estimate of drug-likeness (QED) is 0.164. The van der Waals surface area contributed by atoms with E-state index in [-0.39, 0.29) is 6.61 Å². The standard InChI is InChI=1S/C23H44O11/c1-4-13(7-5-6-12(2)3)8-9-31-22-20(29)19(28)17(26)15(34-22)11-32-23-21(30)18(27)16(25)14(10-24)33-23/h12-30H,4-11H2,1-3H3. The summed E-state index contributed by atoms with van der Waals surface area (Å²) in [7, 11) is 0. The molecule has 2 rings (SSSR count). The first-order chi connectivity index (χ1) is 16.1. The van der Waals surface area contributed by atoms with Gasteiger partial charge in [-0.2, -0.15) is 0 Å². The third-order valence-electron chi connectivity index (χ3n) is 6.72. The van der Waals surface area contributed by atoms with Gasteiger partial charge in [-0.3, -0.25) is 0 Å². The highest BCUT2D eigenvalue weighted by Crippen LogP contribution is 2.26. The van der Waals surface area contributed by atoms with Gasteiger partial charge in [0.1, 0.15) is 48.8 Å². The summed E-state index contributed by atoms with van der Waals surface area (Å²) in [4.78, 5) is 0. The number of rotatable bonds is 13. The Kier molecular flexibility index (Phi) is 12.6. The van der Waals surface area contributed by atoms with E-state index in [4.69, 9.17) is 18.9 Å². The van der Waals surface area contributed by atoms with E-state index in [0.717, 1.165) is 25.7 Å². The van der Waals surface area contributed by atoms with E-state index < -0.39 is 68.0 Å². The maximum atomic E-state index is 10.3. The predicted octanol–water partition coefficient (Wildman–Crippen LogP) is -1.13. The summed E-state index contributed by atoms with van der Waals surface area (Å²) >= 11 is 0. The lowest BCUT2D eigenvalue weighted by atomic mass is 9.94. The average Bonchev–Trinajstić information content (AvgIpc) is 2.81. The summed E-state index contributed by atoms with van der Waals surface area (Å²) in [5.41, 5.74) is 0. The molecule has 2 heterocycles. The van der Waals surface area contributed by atoms with E-state index >= 15 is 0 Å². The second kappa shape index (κ2) is 14.3. The highest BCUT2D eigenvalue weighted by Gasteiger charge is 2.47. The van der Waals surface area contributed by atoms with E-state index in [1.54, 1.807) is 0 Å². The third kappa shape index (κ3) is 8.04. The fourth-order valence-electron chi connectivity index (χ4n) is 4.30. The molecule has 0 bridgehead atoms. The highest BCUT2D eigenvalue weighted by atomic mass is 16.7. The van der Waals surface area contributed by atoms with E-state index in [0.29, 0.717) is 18.4 Å². The van der Waals surface area contributed by atoms with Gasteiger partial charge in [-0.05, 0) is 18.3 Å². The number of ether oxygens (including phenoxy) is 4. The molecule has 11 atom stereocenters. The molecule has 2 aliphatic heterocycles. The SMILES string of the molecule is CCC(CCCC(C)C)CCOC1OC(COC2OC(CO)C(O)C(O)C2O)C(O)C(O)C1O. The maximum Gasteiger partial charge on any atom is 0.186 e. The van der Waals surface area contributed by atoms with Crippen molar-refractivity contribution in [1.29, 1.82) is 0 Å². The molecule has 0 aromatic carbocycles. The Morgan fingerprint density at radius 2 is 1.26 bits per heavy atom. The van der Waals surface area contributed by atoms with E-state index in [1.165, 1.54) is 6.42 Å². The molecule has 11 heteroatoms. The van der Waals surface area contributed by atoms with Crippen molar-refractivity contribution >= 4 is 0 Å². The Bertz CT molecular complexity index is 563. The second-order valence-corrected chi connectivity index (χ2v) is 9.80. The van der Waals surface area contributed by atoms with Crippen LogP contribution in [0.25, 0.3) is 0 Å². The van der Waals surface area contributed by atoms with Crippen molar-refractivity contribution in [2.75, 3.05) is 19.8 Å². The molecule has 34 heavy (non-hydrogen) atoms. The van der Waals surface area contributed by atoms with Gasteiger partial charge in [0.05, 0.1) is 19.8 Å². The summed E-state index contributed by atoms with van der Waals surface area (Å²) < 4.78 is 22.0. The van der Waals surface area contributed by atoms with Crippen LogP contribution >= 0.6 is 0 Å². The van der Waals surface area contributed by atoms with Crippen LogP contribution in [0.5, 0.6) is 0 Å². The minimum absolute atomic E-state index is 0.311. The van der Waals surface area contributed by atoms with Crippen LogP contribution in [0.15, 0.2) is 0 Å². The maximum absolute atomic E-state index is 10.3. The first kappa shape index (κ1) is 29.8. The lowest BCUT2D eigenvalue weighted by Gasteiger charge is -2.42. The molecule has 0 saturated carbocycles. The number of aliphatic hydroxyl groups is 7. The van der Waals surface area contributed by atoms with Gasteiger partial charge in [-0.1, -0.05) is 46.5 Å². The fourth-order valence-corrected chi connectivity index (χ4v) is 4.30. The van der Waals surface area contributed by atoms with E-state index in [9.17, 15) is 35.7 Å². The minimum Gasteiger partial charge on any atom is -0.394 e. The zero-order chi connectivity index (χ0) is 25.4. The fraction of sp³-hybridized carbons (Fsp3) is 1.00. The molecular weight excluding hydrogens is 452 g/mol. The smallest absolute Gasteiger partial charge is 0.186 e. The molecule has 11 unspecified atom stereocenters. The molecular formula is C23H44O11. The molecule has 2 saturated heterocycles. The Hall–Kier alpha value is -0.440. The predicted molar refractivity (Wildman–Crippen MR) is 119 cm³/mol. The van der Waals surface area contributed by atoms with Crippen LogP contribution in [0.3, 0.4) is 0 Å². The van der Waals surface area contributed by atoms with E-state index in [1.807, 2.05) is 0 Å². The first-order valence-electron chi connectivity index (χ1n) is 12.3. The first-order valence-corrected chi connectivity index (χ1v) is 12.3. The zero-order valence-corrected chi connectivity index (χ0v) is 20.3. The lowest BCUT2D eigenvalue weighted by molar-refractivity contribution is -0.331. The van der Waals surface area contributed by atoms with Crippen LogP contribution in [0.4, 0.5) is 0 Å². The summed E-state index contributed by atoms with van der Waals surface area (Å²) in [5, 5.41) is 69.9.